The molecule has 2 aromatic rings. The lowest BCUT2D eigenvalue weighted by Gasteiger charge is -2.14. The van der Waals surface area contributed by atoms with Crippen molar-refractivity contribution in [2.75, 3.05) is 12.8 Å². The first-order chi connectivity index (χ1) is 9.11. The third kappa shape index (κ3) is 2.99. The van der Waals surface area contributed by atoms with E-state index >= 15 is 0 Å². The molecule has 0 spiro atoms. The summed E-state index contributed by atoms with van der Waals surface area (Å²) < 4.78 is 11.2. The van der Waals surface area contributed by atoms with Crippen LogP contribution < -0.4 is 15.2 Å². The van der Waals surface area contributed by atoms with E-state index in [0.29, 0.717) is 12.3 Å². The molecule has 19 heavy (non-hydrogen) atoms. The Kier molecular flexibility index (Phi) is 3.95. The molecule has 0 saturated heterocycles. The number of ether oxygens (including phenoxy) is 2. The first kappa shape index (κ1) is 13.3. The Morgan fingerprint density at radius 1 is 1.05 bits per heavy atom. The SMILES string of the molecule is COc1cc(N)ccc1COc1c(C)cccc1C. The smallest absolute Gasteiger partial charge is 0.127 e. The number of nitrogen functional groups attached to an aromatic ring is 1. The minimum absolute atomic E-state index is 0.467. The molecule has 0 heterocycles. The average molecular weight is 257 g/mol. The van der Waals surface area contributed by atoms with Gasteiger partial charge in [0.25, 0.3) is 0 Å². The Morgan fingerprint density at radius 3 is 2.37 bits per heavy atom. The molecular weight excluding hydrogens is 238 g/mol. The number of para-hydroxylation sites is 1. The van der Waals surface area contributed by atoms with Crippen molar-refractivity contribution in [3.8, 4) is 11.5 Å². The number of hydrogen-bond acceptors (Lipinski definition) is 3. The van der Waals surface area contributed by atoms with Crippen molar-refractivity contribution in [2.24, 2.45) is 0 Å². The predicted octanol–water partition coefficient (Wildman–Crippen LogP) is 3.47. The maximum atomic E-state index is 5.92. The Bertz CT molecular complexity index is 559. The molecule has 0 atom stereocenters. The van der Waals surface area contributed by atoms with Crippen molar-refractivity contribution in [1.82, 2.24) is 0 Å². The number of benzene rings is 2. The minimum atomic E-state index is 0.467. The third-order valence-corrected chi connectivity index (χ3v) is 3.09. The summed E-state index contributed by atoms with van der Waals surface area (Å²) in [6.07, 6.45) is 0. The Labute approximate surface area is 114 Å². The highest BCUT2D eigenvalue weighted by Crippen LogP contribution is 2.26. The van der Waals surface area contributed by atoms with Gasteiger partial charge in [-0.2, -0.15) is 0 Å². The lowest BCUT2D eigenvalue weighted by molar-refractivity contribution is 0.293. The molecular formula is C16H19NO2. The predicted molar refractivity (Wildman–Crippen MR) is 77.7 cm³/mol. The highest BCUT2D eigenvalue weighted by Gasteiger charge is 2.07. The fourth-order valence-electron chi connectivity index (χ4n) is 2.06. The summed E-state index contributed by atoms with van der Waals surface area (Å²) in [7, 11) is 1.64. The molecule has 0 saturated carbocycles. The molecule has 0 unspecified atom stereocenters. The van der Waals surface area contributed by atoms with Crippen molar-refractivity contribution < 1.29 is 9.47 Å². The lowest BCUT2D eigenvalue weighted by Crippen LogP contribution is -2.01. The molecule has 2 aromatic carbocycles. The van der Waals surface area contributed by atoms with Gasteiger partial charge in [-0.05, 0) is 37.1 Å². The summed E-state index contributed by atoms with van der Waals surface area (Å²) in [5.41, 5.74) is 9.68. The van der Waals surface area contributed by atoms with Crippen LogP contribution in [-0.4, -0.2) is 7.11 Å². The minimum Gasteiger partial charge on any atom is -0.496 e. The summed E-state index contributed by atoms with van der Waals surface area (Å²) in [5, 5.41) is 0. The van der Waals surface area contributed by atoms with Gasteiger partial charge in [0.15, 0.2) is 0 Å². The number of hydrogen-bond donors (Lipinski definition) is 1. The van der Waals surface area contributed by atoms with Gasteiger partial charge in [-0.3, -0.25) is 0 Å². The number of methoxy groups -OCH3 is 1. The standard InChI is InChI=1S/C16H19NO2/c1-11-5-4-6-12(2)16(11)19-10-13-7-8-14(17)9-15(13)18-3/h4-9H,10,17H2,1-3H3. The summed E-state index contributed by atoms with van der Waals surface area (Å²) in [6.45, 7) is 4.56. The largest absolute Gasteiger partial charge is 0.496 e. The summed E-state index contributed by atoms with van der Waals surface area (Å²) in [5.74, 6) is 1.69. The summed E-state index contributed by atoms with van der Waals surface area (Å²) in [6, 6.07) is 11.7. The fraction of sp³-hybridized carbons (Fsp3) is 0.250. The molecule has 0 amide bonds. The average Bonchev–Trinajstić information content (AvgIpc) is 2.39. The van der Waals surface area contributed by atoms with E-state index in [1.54, 1.807) is 7.11 Å². The Morgan fingerprint density at radius 2 is 1.74 bits per heavy atom. The third-order valence-electron chi connectivity index (χ3n) is 3.09. The summed E-state index contributed by atoms with van der Waals surface area (Å²) in [4.78, 5) is 0. The van der Waals surface area contributed by atoms with E-state index in [9.17, 15) is 0 Å². The van der Waals surface area contributed by atoms with Crippen LogP contribution in [0.4, 0.5) is 5.69 Å². The summed E-state index contributed by atoms with van der Waals surface area (Å²) >= 11 is 0. The normalized spacial score (nSPS) is 10.3. The van der Waals surface area contributed by atoms with Crippen molar-refractivity contribution in [1.29, 1.82) is 0 Å². The molecule has 0 fully saturated rings. The maximum absolute atomic E-state index is 5.92. The van der Waals surface area contributed by atoms with Crippen molar-refractivity contribution in [3.05, 3.63) is 53.1 Å². The zero-order chi connectivity index (χ0) is 13.8. The van der Waals surface area contributed by atoms with Gasteiger partial charge in [-0.1, -0.05) is 18.2 Å². The molecule has 100 valence electrons. The monoisotopic (exact) mass is 257 g/mol. The Hall–Kier alpha value is -2.16. The molecule has 0 aliphatic rings. The van der Waals surface area contributed by atoms with E-state index in [1.807, 2.05) is 50.2 Å². The number of rotatable bonds is 4. The van der Waals surface area contributed by atoms with Crippen LogP contribution in [0.15, 0.2) is 36.4 Å². The van der Waals surface area contributed by atoms with Crippen LogP contribution >= 0.6 is 0 Å². The van der Waals surface area contributed by atoms with E-state index in [-0.39, 0.29) is 0 Å². The van der Waals surface area contributed by atoms with Gasteiger partial charge in [0.05, 0.1) is 7.11 Å². The molecule has 0 radical (unpaired) electrons. The Balaban J connectivity index is 2.19. The molecule has 0 aliphatic carbocycles. The number of anilines is 1. The molecule has 0 aliphatic heterocycles. The van der Waals surface area contributed by atoms with Gasteiger partial charge in [0, 0.05) is 17.3 Å². The van der Waals surface area contributed by atoms with E-state index in [0.717, 1.165) is 28.2 Å². The zero-order valence-corrected chi connectivity index (χ0v) is 11.6. The second kappa shape index (κ2) is 5.65. The molecule has 0 aromatic heterocycles. The van der Waals surface area contributed by atoms with Crippen LogP contribution in [0.25, 0.3) is 0 Å². The number of aryl methyl sites for hydroxylation is 2. The first-order valence-electron chi connectivity index (χ1n) is 6.23. The van der Waals surface area contributed by atoms with E-state index in [1.165, 1.54) is 0 Å². The first-order valence-corrected chi connectivity index (χ1v) is 6.23. The molecule has 3 nitrogen and oxygen atoms in total. The zero-order valence-electron chi connectivity index (χ0n) is 11.6. The molecule has 3 heteroatoms. The highest BCUT2D eigenvalue weighted by molar-refractivity contribution is 5.48. The van der Waals surface area contributed by atoms with Gasteiger partial charge >= 0.3 is 0 Å². The second-order valence-corrected chi connectivity index (χ2v) is 4.58. The molecule has 0 bridgehead atoms. The van der Waals surface area contributed by atoms with Gasteiger partial charge in [-0.25, -0.2) is 0 Å². The van der Waals surface area contributed by atoms with Gasteiger partial charge in [-0.15, -0.1) is 0 Å². The van der Waals surface area contributed by atoms with Crippen LogP contribution in [0.3, 0.4) is 0 Å². The van der Waals surface area contributed by atoms with Crippen LogP contribution in [0.2, 0.25) is 0 Å². The second-order valence-electron chi connectivity index (χ2n) is 4.58. The quantitative estimate of drug-likeness (QED) is 0.853. The van der Waals surface area contributed by atoms with Crippen LogP contribution in [0.5, 0.6) is 11.5 Å². The van der Waals surface area contributed by atoms with E-state index in [4.69, 9.17) is 15.2 Å². The molecule has 2 N–H and O–H groups in total. The van der Waals surface area contributed by atoms with Gasteiger partial charge < -0.3 is 15.2 Å². The van der Waals surface area contributed by atoms with E-state index < -0.39 is 0 Å². The van der Waals surface area contributed by atoms with Crippen LogP contribution in [-0.2, 0) is 6.61 Å². The van der Waals surface area contributed by atoms with Crippen molar-refractivity contribution in [3.63, 3.8) is 0 Å². The maximum Gasteiger partial charge on any atom is 0.127 e. The van der Waals surface area contributed by atoms with Crippen LogP contribution in [0.1, 0.15) is 16.7 Å². The van der Waals surface area contributed by atoms with E-state index in [2.05, 4.69) is 0 Å². The highest BCUT2D eigenvalue weighted by atomic mass is 16.5. The van der Waals surface area contributed by atoms with Crippen molar-refractivity contribution in [2.45, 2.75) is 20.5 Å². The van der Waals surface area contributed by atoms with Crippen molar-refractivity contribution >= 4 is 5.69 Å². The lowest BCUT2D eigenvalue weighted by atomic mass is 10.1. The molecule has 2 rings (SSSR count). The topological polar surface area (TPSA) is 44.5 Å². The number of nitrogens with two attached hydrogens (primary N) is 1. The van der Waals surface area contributed by atoms with Gasteiger partial charge in [0.2, 0.25) is 0 Å². The van der Waals surface area contributed by atoms with Gasteiger partial charge in [0.1, 0.15) is 18.1 Å². The van der Waals surface area contributed by atoms with Crippen LogP contribution in [0, 0.1) is 13.8 Å². The fourth-order valence-corrected chi connectivity index (χ4v) is 2.06.